The molecule has 0 N–H and O–H groups in total. The van der Waals surface area contributed by atoms with Crippen molar-refractivity contribution in [1.82, 2.24) is 14.9 Å². The lowest BCUT2D eigenvalue weighted by atomic mass is 9.91. The predicted octanol–water partition coefficient (Wildman–Crippen LogP) is 3.50. The van der Waals surface area contributed by atoms with Crippen LogP contribution in [0.1, 0.15) is 62.3 Å². The average molecular weight is 362 g/mol. The van der Waals surface area contributed by atoms with Crippen LogP contribution in [0.4, 0.5) is 8.78 Å². The molecule has 140 valence electrons. The Labute approximate surface area is 152 Å². The Morgan fingerprint density at radius 3 is 2.69 bits per heavy atom. The lowest BCUT2D eigenvalue weighted by molar-refractivity contribution is -0.0519. The van der Waals surface area contributed by atoms with E-state index >= 15 is 0 Å². The molecular formula is C19H24F2N4O. The molecule has 0 spiro atoms. The van der Waals surface area contributed by atoms with Crippen LogP contribution < -0.4 is 4.74 Å². The van der Waals surface area contributed by atoms with Gasteiger partial charge in [0.25, 0.3) is 0 Å². The van der Waals surface area contributed by atoms with Crippen LogP contribution in [0.3, 0.4) is 0 Å². The maximum absolute atomic E-state index is 13.3. The minimum absolute atomic E-state index is 0.00570. The third-order valence-electron chi connectivity index (χ3n) is 5.81. The molecule has 5 nitrogen and oxygen atoms in total. The number of likely N-dealkylation sites (tertiary alicyclic amines) is 1. The molecule has 1 aromatic rings. The highest BCUT2D eigenvalue weighted by Crippen LogP contribution is 2.39. The predicted molar refractivity (Wildman–Crippen MR) is 91.1 cm³/mol. The van der Waals surface area contributed by atoms with Gasteiger partial charge in [0.1, 0.15) is 17.5 Å². The summed E-state index contributed by atoms with van der Waals surface area (Å²) in [7, 11) is 0. The molecule has 1 saturated heterocycles. The molecule has 0 amide bonds. The fraction of sp³-hybridized carbons (Fsp3) is 0.737. The van der Waals surface area contributed by atoms with Gasteiger partial charge in [0.2, 0.25) is 11.8 Å². The number of nitrogens with zero attached hydrogens (tertiary/aromatic N) is 4. The summed E-state index contributed by atoms with van der Waals surface area (Å²) in [6, 6.07) is 2.37. The second-order valence-electron chi connectivity index (χ2n) is 7.88. The number of halogens is 2. The molecule has 2 aliphatic carbocycles. The van der Waals surface area contributed by atoms with E-state index in [2.05, 4.69) is 20.9 Å². The van der Waals surface area contributed by atoms with Gasteiger partial charge in [-0.05, 0) is 38.6 Å². The van der Waals surface area contributed by atoms with Crippen LogP contribution in [0.2, 0.25) is 0 Å². The third kappa shape index (κ3) is 3.96. The fourth-order valence-electron chi connectivity index (χ4n) is 4.02. The zero-order valence-electron chi connectivity index (χ0n) is 14.8. The minimum atomic E-state index is -2.47. The molecule has 26 heavy (non-hydrogen) atoms. The molecule has 1 aliphatic heterocycles. The first-order chi connectivity index (χ1) is 12.5. The van der Waals surface area contributed by atoms with Gasteiger partial charge < -0.3 is 4.74 Å². The number of ether oxygens (including phenoxy) is 1. The van der Waals surface area contributed by atoms with Gasteiger partial charge in [0.15, 0.2) is 0 Å². The summed E-state index contributed by atoms with van der Waals surface area (Å²) in [6.07, 6.45) is 5.92. The summed E-state index contributed by atoms with van der Waals surface area (Å²) < 4.78 is 32.6. The third-order valence-corrected chi connectivity index (χ3v) is 5.81. The van der Waals surface area contributed by atoms with E-state index in [0.717, 1.165) is 38.2 Å². The molecule has 0 aromatic carbocycles. The van der Waals surface area contributed by atoms with E-state index in [9.17, 15) is 14.0 Å². The van der Waals surface area contributed by atoms with E-state index in [-0.39, 0.29) is 18.9 Å². The molecule has 3 aliphatic rings. The van der Waals surface area contributed by atoms with Crippen molar-refractivity contribution in [1.29, 1.82) is 5.26 Å². The zero-order valence-corrected chi connectivity index (χ0v) is 14.8. The quantitative estimate of drug-likeness (QED) is 0.802. The Hall–Kier alpha value is -1.81. The van der Waals surface area contributed by atoms with Crippen molar-refractivity contribution in [3.8, 4) is 11.9 Å². The summed E-state index contributed by atoms with van der Waals surface area (Å²) in [5.74, 6) is -0.547. The Bertz CT molecular complexity index is 691. The topological polar surface area (TPSA) is 62.0 Å². The summed E-state index contributed by atoms with van der Waals surface area (Å²) in [4.78, 5) is 11.0. The molecule has 0 unspecified atom stereocenters. The van der Waals surface area contributed by atoms with Crippen molar-refractivity contribution in [3.05, 3.63) is 17.6 Å². The van der Waals surface area contributed by atoms with Gasteiger partial charge in [-0.25, -0.2) is 13.8 Å². The lowest BCUT2D eigenvalue weighted by Crippen LogP contribution is -2.39. The number of hydrogen-bond acceptors (Lipinski definition) is 5. The second kappa shape index (κ2) is 7.07. The van der Waals surface area contributed by atoms with Gasteiger partial charge in [-0.3, -0.25) is 4.90 Å². The standard InChI is InChI=1S/C19H24F2N4O/c20-19(21)6-3-16(4-7-19)25-8-5-13(11-25)12-26-18-15(9-22)10-23-17(24-18)14-1-2-14/h10,13-14,16H,1-8,11-12H2/t13-/m0/s1. The molecule has 0 radical (unpaired) electrons. The van der Waals surface area contributed by atoms with Gasteiger partial charge in [-0.2, -0.15) is 10.2 Å². The number of hydrogen-bond donors (Lipinski definition) is 0. The number of aromatic nitrogens is 2. The van der Waals surface area contributed by atoms with Crippen LogP contribution in [-0.4, -0.2) is 46.5 Å². The first kappa shape index (κ1) is 17.6. The summed E-state index contributed by atoms with van der Waals surface area (Å²) >= 11 is 0. The molecule has 1 aromatic heterocycles. The molecule has 7 heteroatoms. The Kier molecular flexibility index (Phi) is 4.78. The summed E-state index contributed by atoms with van der Waals surface area (Å²) in [6.45, 7) is 2.32. The lowest BCUT2D eigenvalue weighted by Gasteiger charge is -2.34. The van der Waals surface area contributed by atoms with Crippen molar-refractivity contribution in [2.45, 2.75) is 62.8 Å². The molecule has 2 heterocycles. The molecule has 4 rings (SSSR count). The van der Waals surface area contributed by atoms with E-state index in [1.165, 1.54) is 0 Å². The minimum Gasteiger partial charge on any atom is -0.476 e. The summed E-state index contributed by atoms with van der Waals surface area (Å²) in [5.41, 5.74) is 0.374. The van der Waals surface area contributed by atoms with E-state index < -0.39 is 5.92 Å². The Morgan fingerprint density at radius 1 is 1.23 bits per heavy atom. The maximum Gasteiger partial charge on any atom is 0.248 e. The molecule has 3 fully saturated rings. The molecular weight excluding hydrogens is 338 g/mol. The largest absolute Gasteiger partial charge is 0.476 e. The van der Waals surface area contributed by atoms with Crippen LogP contribution in [0.5, 0.6) is 5.88 Å². The van der Waals surface area contributed by atoms with Gasteiger partial charge in [-0.15, -0.1) is 0 Å². The van der Waals surface area contributed by atoms with Gasteiger partial charge in [0.05, 0.1) is 12.8 Å². The maximum atomic E-state index is 13.3. The van der Waals surface area contributed by atoms with E-state index in [0.29, 0.717) is 42.7 Å². The number of nitriles is 1. The van der Waals surface area contributed by atoms with Crippen LogP contribution in [0.15, 0.2) is 6.20 Å². The fourth-order valence-corrected chi connectivity index (χ4v) is 4.02. The van der Waals surface area contributed by atoms with Gasteiger partial charge in [-0.1, -0.05) is 0 Å². The van der Waals surface area contributed by atoms with Crippen molar-refractivity contribution in [3.63, 3.8) is 0 Å². The van der Waals surface area contributed by atoms with Crippen molar-refractivity contribution in [2.75, 3.05) is 19.7 Å². The van der Waals surface area contributed by atoms with Crippen LogP contribution in [0.25, 0.3) is 0 Å². The van der Waals surface area contributed by atoms with Crippen molar-refractivity contribution in [2.24, 2.45) is 5.92 Å². The molecule has 2 saturated carbocycles. The Balaban J connectivity index is 1.31. The highest BCUT2D eigenvalue weighted by atomic mass is 19.3. The van der Waals surface area contributed by atoms with Gasteiger partial charge >= 0.3 is 0 Å². The molecule has 1 atom stereocenters. The van der Waals surface area contributed by atoms with Gasteiger partial charge in [0, 0.05) is 37.3 Å². The van der Waals surface area contributed by atoms with Crippen LogP contribution in [0, 0.1) is 17.2 Å². The number of rotatable bonds is 5. The first-order valence-corrected chi connectivity index (χ1v) is 9.56. The zero-order chi connectivity index (χ0) is 18.1. The number of alkyl halides is 2. The molecule has 0 bridgehead atoms. The van der Waals surface area contributed by atoms with Crippen LogP contribution in [-0.2, 0) is 0 Å². The Morgan fingerprint density at radius 2 is 2.00 bits per heavy atom. The normalized spacial score (nSPS) is 26.6. The SMILES string of the molecule is N#Cc1cnc(C2CC2)nc1OC[C@H]1CCN(C2CCC(F)(F)CC2)C1. The first-order valence-electron chi connectivity index (χ1n) is 9.56. The smallest absolute Gasteiger partial charge is 0.248 e. The van der Waals surface area contributed by atoms with Crippen molar-refractivity contribution < 1.29 is 13.5 Å². The summed E-state index contributed by atoms with van der Waals surface area (Å²) in [5, 5.41) is 9.23. The monoisotopic (exact) mass is 362 g/mol. The van der Waals surface area contributed by atoms with E-state index in [1.54, 1.807) is 6.20 Å². The van der Waals surface area contributed by atoms with E-state index in [4.69, 9.17) is 4.74 Å². The van der Waals surface area contributed by atoms with Crippen molar-refractivity contribution >= 4 is 0 Å². The van der Waals surface area contributed by atoms with Crippen LogP contribution >= 0.6 is 0 Å². The highest BCUT2D eigenvalue weighted by molar-refractivity contribution is 5.36. The second-order valence-corrected chi connectivity index (χ2v) is 7.88. The van der Waals surface area contributed by atoms with E-state index in [1.807, 2.05) is 0 Å². The average Bonchev–Trinajstić information content (AvgIpc) is 3.38. The highest BCUT2D eigenvalue weighted by Gasteiger charge is 2.38.